The minimum atomic E-state index is -3.06. The molecule has 1 rings (SSSR count). The summed E-state index contributed by atoms with van der Waals surface area (Å²) in [6, 6.07) is 0.724. The fraction of sp³-hybridized carbons (Fsp3) is 1.00. The summed E-state index contributed by atoms with van der Waals surface area (Å²) in [4.78, 5) is 0. The van der Waals surface area contributed by atoms with E-state index >= 15 is 0 Å². The summed E-state index contributed by atoms with van der Waals surface area (Å²) in [5.74, 6) is 0.263. The Balaban J connectivity index is 2.30. The lowest BCUT2D eigenvalue weighted by Crippen LogP contribution is -2.38. The summed E-state index contributed by atoms with van der Waals surface area (Å²) in [5.41, 5.74) is 0. The van der Waals surface area contributed by atoms with Crippen LogP contribution >= 0.6 is 0 Å². The highest BCUT2D eigenvalue weighted by Crippen LogP contribution is 2.18. The Morgan fingerprint density at radius 1 is 1.38 bits per heavy atom. The van der Waals surface area contributed by atoms with Crippen LogP contribution in [-0.4, -0.2) is 43.6 Å². The highest BCUT2D eigenvalue weighted by atomic mass is 32.2. The van der Waals surface area contributed by atoms with E-state index in [2.05, 4.69) is 5.32 Å². The van der Waals surface area contributed by atoms with Crippen LogP contribution in [0.2, 0.25) is 0 Å². The first kappa shape index (κ1) is 13.9. The molecule has 16 heavy (non-hydrogen) atoms. The van der Waals surface area contributed by atoms with Crippen molar-refractivity contribution < 1.29 is 8.42 Å². The monoisotopic (exact) mass is 248 g/mol. The molecule has 1 aliphatic rings. The lowest BCUT2D eigenvalue weighted by atomic mass is 10.4. The Morgan fingerprint density at radius 3 is 2.44 bits per heavy atom. The lowest BCUT2D eigenvalue weighted by Gasteiger charge is -2.24. The van der Waals surface area contributed by atoms with Gasteiger partial charge in [-0.2, -0.15) is 4.31 Å². The Labute approximate surface area is 99.5 Å². The van der Waals surface area contributed by atoms with E-state index < -0.39 is 10.0 Å². The summed E-state index contributed by atoms with van der Waals surface area (Å²) in [6.45, 7) is 7.11. The van der Waals surface area contributed by atoms with Gasteiger partial charge in [0.05, 0.1) is 5.75 Å². The van der Waals surface area contributed by atoms with Crippen LogP contribution in [0.5, 0.6) is 0 Å². The van der Waals surface area contributed by atoms with Crippen LogP contribution in [0.3, 0.4) is 0 Å². The van der Waals surface area contributed by atoms with Crippen molar-refractivity contribution in [3.8, 4) is 0 Å². The molecule has 4 nitrogen and oxygen atoms in total. The van der Waals surface area contributed by atoms with E-state index in [1.807, 2.05) is 20.8 Å². The maximum Gasteiger partial charge on any atom is 0.214 e. The number of sulfonamides is 1. The predicted octanol–water partition coefficient (Wildman–Crippen LogP) is 1.19. The van der Waals surface area contributed by atoms with Crippen molar-refractivity contribution in [1.82, 2.24) is 9.62 Å². The van der Waals surface area contributed by atoms with Gasteiger partial charge in [-0.15, -0.1) is 0 Å². The second-order valence-corrected chi connectivity index (χ2v) is 6.74. The number of hydrogen-bond donors (Lipinski definition) is 1. The Morgan fingerprint density at radius 2 is 2.00 bits per heavy atom. The number of nitrogens with one attached hydrogen (secondary N) is 1. The zero-order valence-electron chi connectivity index (χ0n) is 10.6. The number of hydrogen-bond acceptors (Lipinski definition) is 3. The van der Waals surface area contributed by atoms with E-state index in [4.69, 9.17) is 0 Å². The summed E-state index contributed by atoms with van der Waals surface area (Å²) >= 11 is 0. The summed E-state index contributed by atoms with van der Waals surface area (Å²) in [6.07, 6.45) is 3.21. The summed E-state index contributed by atoms with van der Waals surface area (Å²) < 4.78 is 25.5. The third kappa shape index (κ3) is 4.39. The van der Waals surface area contributed by atoms with E-state index in [0.717, 1.165) is 6.54 Å². The van der Waals surface area contributed by atoms with Gasteiger partial charge in [0.25, 0.3) is 0 Å². The second-order valence-electron chi connectivity index (χ2n) is 4.70. The van der Waals surface area contributed by atoms with E-state index in [9.17, 15) is 8.42 Å². The van der Waals surface area contributed by atoms with Gasteiger partial charge in [-0.3, -0.25) is 0 Å². The molecule has 96 valence electrons. The zero-order chi connectivity index (χ0) is 12.2. The third-order valence-corrected chi connectivity index (χ3v) is 5.03. The molecule has 1 saturated carbocycles. The zero-order valence-corrected chi connectivity index (χ0v) is 11.4. The van der Waals surface area contributed by atoms with E-state index in [1.165, 1.54) is 12.8 Å². The van der Waals surface area contributed by atoms with Crippen molar-refractivity contribution >= 4 is 10.0 Å². The van der Waals surface area contributed by atoms with Crippen molar-refractivity contribution in [3.05, 3.63) is 0 Å². The van der Waals surface area contributed by atoms with E-state index in [0.29, 0.717) is 19.0 Å². The van der Waals surface area contributed by atoms with Crippen LogP contribution < -0.4 is 5.32 Å². The van der Waals surface area contributed by atoms with Crippen LogP contribution in [0, 0.1) is 0 Å². The predicted molar refractivity (Wildman–Crippen MR) is 66.9 cm³/mol. The van der Waals surface area contributed by atoms with Crippen molar-refractivity contribution in [2.45, 2.75) is 52.1 Å². The molecule has 0 radical (unpaired) electrons. The van der Waals surface area contributed by atoms with Crippen LogP contribution in [-0.2, 0) is 10.0 Å². The molecule has 0 aromatic rings. The standard InChI is InChI=1S/C11H24N2O2S/c1-4-13(10(2)3)16(14,15)9-5-8-12-11-6-7-11/h10-12H,4-9H2,1-3H3. The average molecular weight is 248 g/mol. The normalized spacial score (nSPS) is 17.3. The Kier molecular flexibility index (Phi) is 5.21. The van der Waals surface area contributed by atoms with Crippen molar-refractivity contribution in [2.75, 3.05) is 18.8 Å². The smallest absolute Gasteiger partial charge is 0.214 e. The molecule has 0 aromatic carbocycles. The van der Waals surface area contributed by atoms with Gasteiger partial charge >= 0.3 is 0 Å². The first-order chi connectivity index (χ1) is 7.47. The average Bonchev–Trinajstić information content (AvgIpc) is 2.96. The number of nitrogens with zero attached hydrogens (tertiary/aromatic N) is 1. The fourth-order valence-electron chi connectivity index (χ4n) is 1.85. The Bertz CT molecular complexity index is 297. The first-order valence-electron chi connectivity index (χ1n) is 6.20. The molecule has 0 heterocycles. The maximum atomic E-state index is 12.0. The lowest BCUT2D eigenvalue weighted by molar-refractivity contribution is 0.368. The quantitative estimate of drug-likeness (QED) is 0.656. The molecule has 0 amide bonds. The molecule has 1 aliphatic carbocycles. The second kappa shape index (κ2) is 5.98. The van der Waals surface area contributed by atoms with Crippen LogP contribution in [0.1, 0.15) is 40.0 Å². The Hall–Kier alpha value is -0.130. The van der Waals surface area contributed by atoms with Gasteiger partial charge in [0.2, 0.25) is 10.0 Å². The van der Waals surface area contributed by atoms with Gasteiger partial charge in [0.15, 0.2) is 0 Å². The molecule has 0 unspecified atom stereocenters. The van der Waals surface area contributed by atoms with Gasteiger partial charge in [-0.25, -0.2) is 8.42 Å². The topological polar surface area (TPSA) is 49.4 Å². The van der Waals surface area contributed by atoms with Crippen LogP contribution in [0.25, 0.3) is 0 Å². The molecule has 1 N–H and O–H groups in total. The maximum absolute atomic E-state index is 12.0. The van der Waals surface area contributed by atoms with Crippen molar-refractivity contribution in [2.24, 2.45) is 0 Å². The molecule has 0 saturated heterocycles. The minimum absolute atomic E-state index is 0.0615. The van der Waals surface area contributed by atoms with Crippen molar-refractivity contribution in [3.63, 3.8) is 0 Å². The fourth-order valence-corrected chi connectivity index (χ4v) is 3.63. The third-order valence-electron chi connectivity index (χ3n) is 2.83. The molecule has 0 aliphatic heterocycles. The molecule has 0 atom stereocenters. The van der Waals surface area contributed by atoms with E-state index in [1.54, 1.807) is 4.31 Å². The molecule has 1 fully saturated rings. The highest BCUT2D eigenvalue weighted by Gasteiger charge is 2.23. The van der Waals surface area contributed by atoms with Gasteiger partial charge < -0.3 is 5.32 Å². The first-order valence-corrected chi connectivity index (χ1v) is 7.81. The molecule has 0 bridgehead atoms. The van der Waals surface area contributed by atoms with Crippen molar-refractivity contribution in [1.29, 1.82) is 0 Å². The highest BCUT2D eigenvalue weighted by molar-refractivity contribution is 7.89. The van der Waals surface area contributed by atoms with Gasteiger partial charge in [-0.1, -0.05) is 6.92 Å². The largest absolute Gasteiger partial charge is 0.314 e. The van der Waals surface area contributed by atoms with Crippen LogP contribution in [0.15, 0.2) is 0 Å². The van der Waals surface area contributed by atoms with Gasteiger partial charge in [0, 0.05) is 18.6 Å². The molecule has 0 aromatic heterocycles. The molecular weight excluding hydrogens is 224 g/mol. The van der Waals surface area contributed by atoms with E-state index in [-0.39, 0.29) is 11.8 Å². The molecular formula is C11H24N2O2S. The van der Waals surface area contributed by atoms with Crippen LogP contribution in [0.4, 0.5) is 0 Å². The molecule has 0 spiro atoms. The molecule has 5 heteroatoms. The SMILES string of the molecule is CCN(C(C)C)S(=O)(=O)CCCNC1CC1. The summed E-state index contributed by atoms with van der Waals surface area (Å²) in [7, 11) is -3.06. The van der Waals surface area contributed by atoms with Gasteiger partial charge in [-0.05, 0) is 39.7 Å². The van der Waals surface area contributed by atoms with Gasteiger partial charge in [0.1, 0.15) is 0 Å². The summed E-state index contributed by atoms with van der Waals surface area (Å²) in [5, 5.41) is 3.33. The number of rotatable bonds is 8. The minimum Gasteiger partial charge on any atom is -0.314 e.